The summed E-state index contributed by atoms with van der Waals surface area (Å²) in [5, 5.41) is 14.2. The van der Waals surface area contributed by atoms with Crippen LogP contribution in [-0.4, -0.2) is 106 Å². The second-order valence-corrected chi connectivity index (χ2v) is 9.12. The number of carboxylic acid groups (broad SMARTS) is 2. The van der Waals surface area contributed by atoms with Gasteiger partial charge in [0.25, 0.3) is 0 Å². The van der Waals surface area contributed by atoms with E-state index in [1.54, 1.807) is 6.20 Å². The van der Waals surface area contributed by atoms with Gasteiger partial charge in [-0.1, -0.05) is 6.07 Å². The molecule has 1 amide bonds. The summed E-state index contributed by atoms with van der Waals surface area (Å²) in [5.74, 6) is -5.24. The van der Waals surface area contributed by atoms with Gasteiger partial charge >= 0.3 is 24.3 Å². The predicted octanol–water partition coefficient (Wildman–Crippen LogP) is 2.72. The van der Waals surface area contributed by atoms with E-state index in [1.807, 2.05) is 23.1 Å². The summed E-state index contributed by atoms with van der Waals surface area (Å²) in [4.78, 5) is 38.6. The SMILES string of the molecule is O=C(CN1CC2(CC(OCc3ccccn3)CCO2)C1)N1CCCC1.O=C(O)C(F)(F)F.O=C(O)C(F)(F)F. The van der Waals surface area contributed by atoms with Gasteiger partial charge in [-0.15, -0.1) is 0 Å². The number of rotatable bonds is 5. The minimum atomic E-state index is -5.08. The zero-order chi connectivity index (χ0) is 29.3. The number of alkyl halides is 6. The van der Waals surface area contributed by atoms with E-state index in [4.69, 9.17) is 29.3 Å². The van der Waals surface area contributed by atoms with Gasteiger partial charge in [-0.3, -0.25) is 14.7 Å². The summed E-state index contributed by atoms with van der Waals surface area (Å²) in [6, 6.07) is 5.89. The number of nitrogens with zero attached hydrogens (tertiary/aromatic N) is 3. The van der Waals surface area contributed by atoms with E-state index < -0.39 is 24.3 Å². The summed E-state index contributed by atoms with van der Waals surface area (Å²) in [7, 11) is 0. The van der Waals surface area contributed by atoms with E-state index >= 15 is 0 Å². The number of aliphatic carboxylic acids is 2. The first-order valence-electron chi connectivity index (χ1n) is 11.9. The van der Waals surface area contributed by atoms with Crippen LogP contribution in [-0.2, 0) is 30.5 Å². The van der Waals surface area contributed by atoms with Crippen LogP contribution in [0.4, 0.5) is 26.3 Å². The molecule has 1 spiro atoms. The average molecular weight is 573 g/mol. The molecule has 0 saturated carbocycles. The van der Waals surface area contributed by atoms with Crippen LogP contribution in [0.2, 0.25) is 0 Å². The number of ether oxygens (including phenoxy) is 2. The number of halogens is 6. The van der Waals surface area contributed by atoms with Crippen molar-refractivity contribution in [1.29, 1.82) is 0 Å². The van der Waals surface area contributed by atoms with Gasteiger partial charge in [0.05, 0.1) is 30.6 Å². The van der Waals surface area contributed by atoms with Gasteiger partial charge in [-0.25, -0.2) is 9.59 Å². The molecule has 3 saturated heterocycles. The lowest BCUT2D eigenvalue weighted by Crippen LogP contribution is -2.67. The van der Waals surface area contributed by atoms with Crippen molar-refractivity contribution < 1.29 is 60.4 Å². The fraction of sp³-hybridized carbons (Fsp3) is 0.652. The third-order valence-corrected chi connectivity index (χ3v) is 5.97. The molecule has 2 N–H and O–H groups in total. The molecule has 3 aliphatic heterocycles. The molecule has 1 aromatic heterocycles. The second kappa shape index (κ2) is 13.9. The third kappa shape index (κ3) is 11.0. The van der Waals surface area contributed by atoms with E-state index in [2.05, 4.69) is 9.88 Å². The Balaban J connectivity index is 0.000000317. The molecule has 4 heterocycles. The van der Waals surface area contributed by atoms with Crippen molar-refractivity contribution in [3.63, 3.8) is 0 Å². The Bertz CT molecular complexity index is 926. The summed E-state index contributed by atoms with van der Waals surface area (Å²) < 4.78 is 75.6. The van der Waals surface area contributed by atoms with Crippen LogP contribution >= 0.6 is 0 Å². The number of likely N-dealkylation sites (tertiary alicyclic amines) is 2. The van der Waals surface area contributed by atoms with Crippen LogP contribution in [0.25, 0.3) is 0 Å². The Hall–Kier alpha value is -2.98. The predicted molar refractivity (Wildman–Crippen MR) is 120 cm³/mol. The second-order valence-electron chi connectivity index (χ2n) is 9.12. The molecule has 4 rings (SSSR count). The molecule has 3 aliphatic rings. The Morgan fingerprint density at radius 2 is 1.59 bits per heavy atom. The molecule has 10 nitrogen and oxygen atoms in total. The lowest BCUT2D eigenvalue weighted by Gasteiger charge is -2.53. The maximum Gasteiger partial charge on any atom is 0.490 e. The molecule has 0 aromatic carbocycles. The quantitative estimate of drug-likeness (QED) is 0.511. The number of pyridine rings is 1. The van der Waals surface area contributed by atoms with Crippen molar-refractivity contribution in [3.05, 3.63) is 30.1 Å². The highest BCUT2D eigenvalue weighted by molar-refractivity contribution is 5.78. The molecule has 1 unspecified atom stereocenters. The average Bonchev–Trinajstić information content (AvgIpc) is 3.38. The molecular formula is C23H29F6N3O7. The molecule has 1 aromatic rings. The van der Waals surface area contributed by atoms with Crippen LogP contribution in [0, 0.1) is 0 Å². The molecule has 0 bridgehead atoms. The zero-order valence-electron chi connectivity index (χ0n) is 20.7. The Morgan fingerprint density at radius 1 is 1.03 bits per heavy atom. The minimum absolute atomic E-state index is 0.113. The van der Waals surface area contributed by atoms with E-state index in [-0.39, 0.29) is 17.6 Å². The van der Waals surface area contributed by atoms with Crippen molar-refractivity contribution in [2.24, 2.45) is 0 Å². The first-order valence-corrected chi connectivity index (χ1v) is 11.9. The largest absolute Gasteiger partial charge is 0.490 e. The Labute approximate surface area is 219 Å². The number of carbonyl (C=O) groups excluding carboxylic acids is 1. The van der Waals surface area contributed by atoms with Crippen molar-refractivity contribution >= 4 is 17.8 Å². The summed E-state index contributed by atoms with van der Waals surface area (Å²) >= 11 is 0. The lowest BCUT2D eigenvalue weighted by molar-refractivity contribution is -0.199. The van der Waals surface area contributed by atoms with Crippen molar-refractivity contribution in [3.8, 4) is 0 Å². The first-order chi connectivity index (χ1) is 18.1. The highest BCUT2D eigenvalue weighted by Gasteiger charge is 2.48. The lowest BCUT2D eigenvalue weighted by atomic mass is 9.84. The van der Waals surface area contributed by atoms with Gasteiger partial charge in [0, 0.05) is 45.4 Å². The number of aromatic nitrogens is 1. The highest BCUT2D eigenvalue weighted by atomic mass is 19.4. The summed E-state index contributed by atoms with van der Waals surface area (Å²) in [6.45, 7) is 5.37. The van der Waals surface area contributed by atoms with E-state index in [1.165, 1.54) is 0 Å². The van der Waals surface area contributed by atoms with Crippen LogP contribution in [0.15, 0.2) is 24.4 Å². The van der Waals surface area contributed by atoms with Gasteiger partial charge in [0.15, 0.2) is 0 Å². The monoisotopic (exact) mass is 573 g/mol. The normalized spacial score (nSPS) is 20.7. The van der Waals surface area contributed by atoms with Gasteiger partial charge in [0.1, 0.15) is 0 Å². The van der Waals surface area contributed by atoms with Gasteiger partial charge in [0.2, 0.25) is 5.91 Å². The first kappa shape index (κ1) is 32.2. The standard InChI is InChI=1S/C19H27N3O3.2C2HF3O2/c23-18(22-8-3-4-9-22)12-21-14-19(15-21)11-17(6-10-25-19)24-13-16-5-1-2-7-20-16;2*3-2(4,5)1(6)7/h1-2,5,7,17H,3-4,6,8-15H2;2*(H,6,7). The van der Waals surface area contributed by atoms with Gasteiger partial charge < -0.3 is 24.6 Å². The molecule has 0 aliphatic carbocycles. The van der Waals surface area contributed by atoms with Crippen LogP contribution in [0.3, 0.4) is 0 Å². The Morgan fingerprint density at radius 3 is 2.08 bits per heavy atom. The van der Waals surface area contributed by atoms with Crippen molar-refractivity contribution in [2.45, 2.75) is 56.3 Å². The highest BCUT2D eigenvalue weighted by Crippen LogP contribution is 2.35. The minimum Gasteiger partial charge on any atom is -0.475 e. The molecule has 3 fully saturated rings. The zero-order valence-corrected chi connectivity index (χ0v) is 20.7. The maximum atomic E-state index is 12.3. The van der Waals surface area contributed by atoms with Gasteiger partial charge in [-0.2, -0.15) is 26.3 Å². The van der Waals surface area contributed by atoms with Gasteiger partial charge in [-0.05, 0) is 31.4 Å². The van der Waals surface area contributed by atoms with Crippen molar-refractivity contribution in [1.82, 2.24) is 14.8 Å². The van der Waals surface area contributed by atoms with Crippen LogP contribution < -0.4 is 0 Å². The number of amides is 1. The topological polar surface area (TPSA) is 130 Å². The van der Waals surface area contributed by atoms with E-state index in [0.29, 0.717) is 13.2 Å². The third-order valence-electron chi connectivity index (χ3n) is 5.97. The number of carbonyl (C=O) groups is 3. The molecule has 16 heteroatoms. The van der Waals surface area contributed by atoms with E-state index in [0.717, 1.165) is 64.2 Å². The smallest absolute Gasteiger partial charge is 0.475 e. The summed E-state index contributed by atoms with van der Waals surface area (Å²) in [6.07, 6.45) is -4.02. The van der Waals surface area contributed by atoms with Crippen LogP contribution in [0.1, 0.15) is 31.4 Å². The summed E-state index contributed by atoms with van der Waals surface area (Å²) in [5.41, 5.74) is 0.854. The molecule has 0 radical (unpaired) electrons. The number of carboxylic acids is 2. The molecule has 1 atom stereocenters. The molecular weight excluding hydrogens is 544 g/mol. The number of hydrogen-bond donors (Lipinski definition) is 2. The maximum absolute atomic E-state index is 12.3. The van der Waals surface area contributed by atoms with E-state index in [9.17, 15) is 31.1 Å². The molecule has 220 valence electrons. The van der Waals surface area contributed by atoms with Crippen molar-refractivity contribution in [2.75, 3.05) is 39.3 Å². The fourth-order valence-corrected chi connectivity index (χ4v) is 4.17. The molecule has 39 heavy (non-hydrogen) atoms. The fourth-order valence-electron chi connectivity index (χ4n) is 4.17. The number of hydrogen-bond acceptors (Lipinski definition) is 7. The Kier molecular flexibility index (Phi) is 11.5. The van der Waals surface area contributed by atoms with Crippen LogP contribution in [0.5, 0.6) is 0 Å².